The molecule has 20 heavy (non-hydrogen) atoms. The number of aromatic nitrogens is 2. The molecule has 1 fully saturated rings. The van der Waals surface area contributed by atoms with Gasteiger partial charge in [-0.2, -0.15) is 9.40 Å². The summed E-state index contributed by atoms with van der Waals surface area (Å²) >= 11 is 0. The molecule has 0 amide bonds. The van der Waals surface area contributed by atoms with Crippen molar-refractivity contribution in [1.29, 1.82) is 0 Å². The van der Waals surface area contributed by atoms with Crippen LogP contribution < -0.4 is 0 Å². The van der Waals surface area contributed by atoms with E-state index in [0.29, 0.717) is 35.9 Å². The van der Waals surface area contributed by atoms with Crippen LogP contribution in [-0.2, 0) is 16.6 Å². The van der Waals surface area contributed by atoms with Crippen molar-refractivity contribution in [3.05, 3.63) is 11.4 Å². The quantitative estimate of drug-likeness (QED) is 0.902. The Hall–Kier alpha value is -0.920. The summed E-state index contributed by atoms with van der Waals surface area (Å²) in [5, 5.41) is 13.2. The average Bonchev–Trinajstić information content (AvgIpc) is 2.61. The summed E-state index contributed by atoms with van der Waals surface area (Å²) in [4.78, 5) is 0.313. The van der Waals surface area contributed by atoms with E-state index in [4.69, 9.17) is 5.11 Å². The van der Waals surface area contributed by atoms with Crippen molar-refractivity contribution in [3.63, 3.8) is 0 Å². The first-order valence-corrected chi connectivity index (χ1v) is 8.57. The van der Waals surface area contributed by atoms with Crippen molar-refractivity contribution < 1.29 is 13.5 Å². The fourth-order valence-corrected chi connectivity index (χ4v) is 4.67. The molecular weight excluding hydrogens is 278 g/mol. The van der Waals surface area contributed by atoms with Gasteiger partial charge in [0.1, 0.15) is 4.90 Å². The highest BCUT2D eigenvalue weighted by Crippen LogP contribution is 2.25. The number of hydrogen-bond acceptors (Lipinski definition) is 4. The number of aliphatic hydroxyl groups excluding tert-OH is 1. The molecule has 114 valence electrons. The number of aryl methyl sites for hydroxylation is 1. The molecule has 1 aliphatic rings. The van der Waals surface area contributed by atoms with Gasteiger partial charge in [0.05, 0.1) is 24.5 Å². The Bertz CT molecular complexity index is 558. The van der Waals surface area contributed by atoms with Crippen molar-refractivity contribution in [2.24, 2.45) is 0 Å². The summed E-state index contributed by atoms with van der Waals surface area (Å²) in [5.41, 5.74) is 1.13. The molecule has 0 bridgehead atoms. The number of aliphatic hydroxyl groups is 1. The Morgan fingerprint density at radius 2 is 1.75 bits per heavy atom. The molecular formula is C13H23N3O3S. The van der Waals surface area contributed by atoms with Crippen LogP contribution in [0.25, 0.3) is 0 Å². The molecule has 0 radical (unpaired) electrons. The van der Waals surface area contributed by atoms with Gasteiger partial charge in [0.25, 0.3) is 0 Å². The van der Waals surface area contributed by atoms with Crippen LogP contribution >= 0.6 is 0 Å². The minimum atomic E-state index is -3.48. The Morgan fingerprint density at radius 1 is 1.15 bits per heavy atom. The lowest BCUT2D eigenvalue weighted by Gasteiger charge is -2.20. The van der Waals surface area contributed by atoms with E-state index in [0.717, 1.165) is 25.7 Å². The van der Waals surface area contributed by atoms with Gasteiger partial charge in [-0.05, 0) is 26.7 Å². The molecule has 0 aliphatic carbocycles. The Labute approximate surface area is 120 Å². The normalized spacial score (nSPS) is 18.1. The van der Waals surface area contributed by atoms with Gasteiger partial charge in [-0.15, -0.1) is 0 Å². The number of sulfonamides is 1. The van der Waals surface area contributed by atoms with Crippen LogP contribution in [0.15, 0.2) is 4.90 Å². The third-order valence-corrected chi connectivity index (χ3v) is 5.94. The first-order chi connectivity index (χ1) is 9.48. The van der Waals surface area contributed by atoms with E-state index >= 15 is 0 Å². The van der Waals surface area contributed by atoms with Crippen molar-refractivity contribution >= 4 is 10.0 Å². The van der Waals surface area contributed by atoms with Gasteiger partial charge < -0.3 is 5.11 Å². The van der Waals surface area contributed by atoms with E-state index in [2.05, 4.69) is 5.10 Å². The predicted molar refractivity (Wildman–Crippen MR) is 76.0 cm³/mol. The minimum absolute atomic E-state index is 0.0504. The zero-order valence-corrected chi connectivity index (χ0v) is 13.0. The lowest BCUT2D eigenvalue weighted by Crippen LogP contribution is -2.32. The molecule has 1 aromatic heterocycles. The smallest absolute Gasteiger partial charge is 0.246 e. The number of hydrogen-bond donors (Lipinski definition) is 1. The molecule has 1 saturated heterocycles. The standard InChI is InChI=1S/C13H23N3O3S/c1-11-13(12(2)16(14-11)9-10-17)20(18,19)15-7-5-3-4-6-8-15/h17H,3-10H2,1-2H3. The maximum absolute atomic E-state index is 12.8. The zero-order valence-electron chi connectivity index (χ0n) is 12.2. The second-order valence-corrected chi connectivity index (χ2v) is 7.14. The first kappa shape index (κ1) is 15.5. The molecule has 2 heterocycles. The third-order valence-electron chi connectivity index (χ3n) is 3.79. The van der Waals surface area contributed by atoms with Crippen molar-refractivity contribution in [2.75, 3.05) is 19.7 Å². The topological polar surface area (TPSA) is 75.4 Å². The van der Waals surface area contributed by atoms with Gasteiger partial charge in [-0.1, -0.05) is 12.8 Å². The molecule has 1 aromatic rings. The van der Waals surface area contributed by atoms with Gasteiger partial charge in [-0.25, -0.2) is 8.42 Å². The molecule has 2 rings (SSSR count). The van der Waals surface area contributed by atoms with Crippen LogP contribution in [0, 0.1) is 13.8 Å². The van der Waals surface area contributed by atoms with E-state index < -0.39 is 10.0 Å². The summed E-state index contributed by atoms with van der Waals surface area (Å²) in [7, 11) is -3.48. The van der Waals surface area contributed by atoms with Crippen molar-refractivity contribution in [1.82, 2.24) is 14.1 Å². The van der Waals surface area contributed by atoms with Crippen LogP contribution in [0.4, 0.5) is 0 Å². The minimum Gasteiger partial charge on any atom is -0.394 e. The van der Waals surface area contributed by atoms with Crippen LogP contribution in [0.2, 0.25) is 0 Å². The molecule has 7 heteroatoms. The largest absolute Gasteiger partial charge is 0.394 e. The fourth-order valence-electron chi connectivity index (χ4n) is 2.78. The number of rotatable bonds is 4. The monoisotopic (exact) mass is 301 g/mol. The average molecular weight is 301 g/mol. The van der Waals surface area contributed by atoms with Crippen LogP contribution in [-0.4, -0.2) is 47.3 Å². The molecule has 1 N–H and O–H groups in total. The molecule has 0 spiro atoms. The second-order valence-electron chi connectivity index (χ2n) is 5.26. The van der Waals surface area contributed by atoms with E-state index in [-0.39, 0.29) is 6.61 Å². The summed E-state index contributed by atoms with van der Waals surface area (Å²) < 4.78 is 28.8. The summed E-state index contributed by atoms with van der Waals surface area (Å²) in [6.07, 6.45) is 4.02. The summed E-state index contributed by atoms with van der Waals surface area (Å²) in [5.74, 6) is 0. The molecule has 1 aliphatic heterocycles. The molecule has 0 atom stereocenters. The molecule has 0 saturated carbocycles. The van der Waals surface area contributed by atoms with Crippen LogP contribution in [0.5, 0.6) is 0 Å². The van der Waals surface area contributed by atoms with Crippen molar-refractivity contribution in [3.8, 4) is 0 Å². The SMILES string of the molecule is Cc1nn(CCO)c(C)c1S(=O)(=O)N1CCCCCC1. The van der Waals surface area contributed by atoms with E-state index in [9.17, 15) is 8.42 Å². The molecule has 0 unspecified atom stereocenters. The maximum Gasteiger partial charge on any atom is 0.246 e. The maximum atomic E-state index is 12.8. The summed E-state index contributed by atoms with van der Waals surface area (Å²) in [6, 6.07) is 0. The van der Waals surface area contributed by atoms with Crippen molar-refractivity contribution in [2.45, 2.75) is 51.0 Å². The highest BCUT2D eigenvalue weighted by molar-refractivity contribution is 7.89. The summed E-state index contributed by atoms with van der Waals surface area (Å²) in [6.45, 7) is 4.91. The van der Waals surface area contributed by atoms with Gasteiger partial charge in [0, 0.05) is 13.1 Å². The Balaban J connectivity index is 2.38. The zero-order chi connectivity index (χ0) is 14.8. The highest BCUT2D eigenvalue weighted by atomic mass is 32.2. The van der Waals surface area contributed by atoms with Gasteiger partial charge in [-0.3, -0.25) is 4.68 Å². The fraction of sp³-hybridized carbons (Fsp3) is 0.769. The lowest BCUT2D eigenvalue weighted by atomic mass is 10.2. The first-order valence-electron chi connectivity index (χ1n) is 7.13. The van der Waals surface area contributed by atoms with E-state index in [1.54, 1.807) is 22.8 Å². The van der Waals surface area contributed by atoms with E-state index in [1.807, 2.05) is 0 Å². The lowest BCUT2D eigenvalue weighted by molar-refractivity contribution is 0.267. The molecule has 0 aromatic carbocycles. The van der Waals surface area contributed by atoms with E-state index in [1.165, 1.54) is 0 Å². The van der Waals surface area contributed by atoms with Gasteiger partial charge in [0.2, 0.25) is 10.0 Å². The van der Waals surface area contributed by atoms with Crippen LogP contribution in [0.1, 0.15) is 37.1 Å². The second kappa shape index (κ2) is 6.24. The van der Waals surface area contributed by atoms with Gasteiger partial charge >= 0.3 is 0 Å². The van der Waals surface area contributed by atoms with Crippen LogP contribution in [0.3, 0.4) is 0 Å². The highest BCUT2D eigenvalue weighted by Gasteiger charge is 2.31. The number of nitrogens with zero attached hydrogens (tertiary/aromatic N) is 3. The third kappa shape index (κ3) is 2.89. The Morgan fingerprint density at radius 3 is 2.30 bits per heavy atom. The van der Waals surface area contributed by atoms with Gasteiger partial charge in [0.15, 0.2) is 0 Å². The predicted octanol–water partition coefficient (Wildman–Crippen LogP) is 1.06. The molecule has 6 nitrogen and oxygen atoms in total. The Kier molecular flexibility index (Phi) is 4.82.